The Kier molecular flexibility index (Phi) is 6.88. The average molecular weight is 523 g/mol. The minimum Gasteiger partial charge on any atom is -0.334 e. The van der Waals surface area contributed by atoms with E-state index in [2.05, 4.69) is 25.8 Å². The summed E-state index contributed by atoms with van der Waals surface area (Å²) >= 11 is 12.4. The number of carbonyl (C=O) groups excluding carboxylic acids is 1. The Hall–Kier alpha value is -3.88. The van der Waals surface area contributed by atoms with Gasteiger partial charge in [0.25, 0.3) is 0 Å². The maximum Gasteiger partial charge on any atom is 0.315 e. The summed E-state index contributed by atoms with van der Waals surface area (Å²) in [4.78, 5) is 20.6. The van der Waals surface area contributed by atoms with Gasteiger partial charge >= 0.3 is 6.03 Å². The van der Waals surface area contributed by atoms with Crippen molar-refractivity contribution in [2.75, 3.05) is 0 Å². The number of amides is 2. The van der Waals surface area contributed by atoms with Gasteiger partial charge in [0.15, 0.2) is 0 Å². The number of hydrogen-bond donors (Lipinski definition) is 4. The second kappa shape index (κ2) is 10.4. The van der Waals surface area contributed by atoms with Crippen molar-refractivity contribution in [1.82, 2.24) is 30.8 Å². The molecule has 0 aliphatic carbocycles. The van der Waals surface area contributed by atoms with E-state index in [0.29, 0.717) is 23.1 Å². The molecule has 2 amide bonds. The van der Waals surface area contributed by atoms with Crippen molar-refractivity contribution >= 4 is 40.1 Å². The van der Waals surface area contributed by atoms with E-state index >= 15 is 0 Å². The molecule has 4 N–H and O–H groups in total. The van der Waals surface area contributed by atoms with Crippen LogP contribution in [0.4, 0.5) is 9.18 Å². The highest BCUT2D eigenvalue weighted by Gasteiger charge is 2.22. The average Bonchev–Trinajstić information content (AvgIpc) is 3.51. The van der Waals surface area contributed by atoms with Crippen molar-refractivity contribution < 1.29 is 9.18 Å². The van der Waals surface area contributed by atoms with Crippen LogP contribution in [0.5, 0.6) is 0 Å². The van der Waals surface area contributed by atoms with E-state index < -0.39 is 17.9 Å². The van der Waals surface area contributed by atoms with Crippen LogP contribution in [0.1, 0.15) is 23.0 Å². The third kappa shape index (κ3) is 5.19. The van der Waals surface area contributed by atoms with Gasteiger partial charge in [0.1, 0.15) is 22.5 Å². The molecule has 10 heteroatoms. The number of H-pyrrole nitrogens is 2. The van der Waals surface area contributed by atoms with E-state index in [1.165, 1.54) is 6.07 Å². The number of urea groups is 1. The highest BCUT2D eigenvalue weighted by Crippen LogP contribution is 2.30. The van der Waals surface area contributed by atoms with Crippen LogP contribution in [-0.2, 0) is 13.0 Å². The number of imidazole rings is 1. The number of halogens is 3. The molecular weight excluding hydrogens is 502 g/mol. The summed E-state index contributed by atoms with van der Waals surface area (Å²) in [5.74, 6) is -0.0651. The Morgan fingerprint density at radius 1 is 1.06 bits per heavy atom. The first-order valence-electron chi connectivity index (χ1n) is 11.2. The van der Waals surface area contributed by atoms with Gasteiger partial charge in [-0.1, -0.05) is 77.8 Å². The van der Waals surface area contributed by atoms with Crippen molar-refractivity contribution in [3.05, 3.63) is 106 Å². The fraction of sp³-hybridized carbons (Fsp3) is 0.115. The largest absolute Gasteiger partial charge is 0.334 e. The molecule has 5 rings (SSSR count). The van der Waals surface area contributed by atoms with Gasteiger partial charge in [0, 0.05) is 23.1 Å². The van der Waals surface area contributed by atoms with Gasteiger partial charge in [0.05, 0.1) is 22.8 Å². The third-order valence-electron chi connectivity index (χ3n) is 5.78. The molecule has 0 aliphatic heterocycles. The van der Waals surface area contributed by atoms with Crippen LogP contribution in [-0.4, -0.2) is 26.2 Å². The van der Waals surface area contributed by atoms with Gasteiger partial charge in [-0.2, -0.15) is 5.10 Å². The van der Waals surface area contributed by atoms with E-state index in [-0.39, 0.29) is 17.1 Å². The lowest BCUT2D eigenvalue weighted by molar-refractivity contribution is 0.236. The number of hydrogen-bond acceptors (Lipinski definition) is 3. The van der Waals surface area contributed by atoms with Crippen molar-refractivity contribution in [1.29, 1.82) is 0 Å². The van der Waals surface area contributed by atoms with E-state index in [9.17, 15) is 9.18 Å². The Bertz CT molecular complexity index is 1520. The molecule has 7 nitrogen and oxygen atoms in total. The summed E-state index contributed by atoms with van der Waals surface area (Å²) in [6, 6.07) is 19.1. The molecule has 3 aromatic carbocycles. The Balaban J connectivity index is 1.38. The molecule has 0 fully saturated rings. The lowest BCUT2D eigenvalue weighted by Gasteiger charge is -2.18. The number of carbonyl (C=O) groups is 1. The van der Waals surface area contributed by atoms with Gasteiger partial charge in [0.2, 0.25) is 0 Å². The Morgan fingerprint density at radius 2 is 1.89 bits per heavy atom. The summed E-state index contributed by atoms with van der Waals surface area (Å²) in [5, 5.41) is 13.9. The van der Waals surface area contributed by atoms with E-state index in [1.807, 2.05) is 48.5 Å². The molecule has 2 heterocycles. The zero-order chi connectivity index (χ0) is 25.1. The zero-order valence-electron chi connectivity index (χ0n) is 18.9. The monoisotopic (exact) mass is 522 g/mol. The molecule has 5 aromatic rings. The molecule has 2 aromatic heterocycles. The van der Waals surface area contributed by atoms with Crippen molar-refractivity contribution in [2.24, 2.45) is 0 Å². The van der Waals surface area contributed by atoms with Crippen molar-refractivity contribution in [3.63, 3.8) is 0 Å². The molecular formula is C26H21Cl2FN6O. The fourth-order valence-corrected chi connectivity index (χ4v) is 4.39. The maximum atomic E-state index is 14.2. The van der Waals surface area contributed by atoms with Crippen LogP contribution in [0.2, 0.25) is 10.2 Å². The van der Waals surface area contributed by atoms with Crippen LogP contribution in [0.15, 0.2) is 72.9 Å². The molecule has 36 heavy (non-hydrogen) atoms. The van der Waals surface area contributed by atoms with E-state index in [0.717, 1.165) is 22.0 Å². The SMILES string of the molecule is O=C(NCc1cccc(Cl)c1F)NC(Cc1ccccc1)c1nc(-c2ccc3cn[nH]c3c2)c(Cl)[nH]1. The molecule has 0 spiro atoms. The van der Waals surface area contributed by atoms with Gasteiger partial charge in [-0.25, -0.2) is 14.2 Å². The second-order valence-corrected chi connectivity index (χ2v) is 9.02. The molecule has 182 valence electrons. The molecule has 1 atom stereocenters. The topological polar surface area (TPSA) is 98.5 Å². The second-order valence-electron chi connectivity index (χ2n) is 8.24. The number of aromatic nitrogens is 4. The fourth-order valence-electron chi connectivity index (χ4n) is 3.95. The smallest absolute Gasteiger partial charge is 0.315 e. The van der Waals surface area contributed by atoms with Crippen molar-refractivity contribution in [2.45, 2.75) is 19.0 Å². The normalized spacial score (nSPS) is 12.0. The van der Waals surface area contributed by atoms with Gasteiger partial charge in [-0.15, -0.1) is 0 Å². The predicted octanol–water partition coefficient (Wildman–Crippen LogP) is 6.18. The van der Waals surface area contributed by atoms with E-state index in [4.69, 9.17) is 28.2 Å². The predicted molar refractivity (Wildman–Crippen MR) is 138 cm³/mol. The van der Waals surface area contributed by atoms with Gasteiger partial charge in [-0.3, -0.25) is 5.10 Å². The van der Waals surface area contributed by atoms with Crippen molar-refractivity contribution in [3.8, 4) is 11.3 Å². The minimum absolute atomic E-state index is 0.00253. The summed E-state index contributed by atoms with van der Waals surface area (Å²) in [6.45, 7) is -0.0232. The molecule has 0 saturated carbocycles. The summed E-state index contributed by atoms with van der Waals surface area (Å²) in [6.07, 6.45) is 2.20. The summed E-state index contributed by atoms with van der Waals surface area (Å²) in [5.41, 5.74) is 3.51. The zero-order valence-corrected chi connectivity index (χ0v) is 20.4. The van der Waals surface area contributed by atoms with Crippen LogP contribution < -0.4 is 10.6 Å². The Labute approximate surface area is 216 Å². The summed E-state index contributed by atoms with van der Waals surface area (Å²) in [7, 11) is 0. The number of nitrogens with one attached hydrogen (secondary N) is 4. The van der Waals surface area contributed by atoms with E-state index in [1.54, 1.807) is 18.3 Å². The van der Waals surface area contributed by atoms with Gasteiger partial charge in [-0.05, 0) is 24.1 Å². The third-order valence-corrected chi connectivity index (χ3v) is 6.35. The first kappa shape index (κ1) is 23.8. The first-order chi connectivity index (χ1) is 17.5. The lowest BCUT2D eigenvalue weighted by atomic mass is 10.1. The number of aromatic amines is 2. The van der Waals surface area contributed by atoms with Crippen LogP contribution >= 0.6 is 23.2 Å². The van der Waals surface area contributed by atoms with Crippen LogP contribution in [0, 0.1) is 5.82 Å². The standard InChI is InChI=1S/C26H21Cl2FN6O/c27-19-8-4-7-18(22(19)29)13-30-26(36)32-21(11-15-5-2-1-3-6-15)25-33-23(24(28)34-25)16-9-10-17-14-31-35-20(17)12-16/h1-10,12,14,21H,11,13H2,(H,31,35)(H,33,34)(H2,30,32,36). The molecule has 0 bridgehead atoms. The van der Waals surface area contributed by atoms with Gasteiger partial charge < -0.3 is 15.6 Å². The number of rotatable bonds is 7. The molecule has 0 radical (unpaired) electrons. The number of fused-ring (bicyclic) bond motifs is 1. The molecule has 1 unspecified atom stereocenters. The summed E-state index contributed by atoms with van der Waals surface area (Å²) < 4.78 is 14.2. The quantitative estimate of drug-likeness (QED) is 0.205. The Morgan fingerprint density at radius 3 is 2.72 bits per heavy atom. The highest BCUT2D eigenvalue weighted by atomic mass is 35.5. The minimum atomic E-state index is -0.558. The number of benzene rings is 3. The van der Waals surface area contributed by atoms with Crippen LogP contribution in [0.25, 0.3) is 22.2 Å². The van der Waals surface area contributed by atoms with Crippen LogP contribution in [0.3, 0.4) is 0 Å². The maximum absolute atomic E-state index is 14.2. The highest BCUT2D eigenvalue weighted by molar-refractivity contribution is 6.32. The molecule has 0 saturated heterocycles. The molecule has 0 aliphatic rings. The number of nitrogens with zero attached hydrogens (tertiary/aromatic N) is 2. The first-order valence-corrected chi connectivity index (χ1v) is 11.9. The lowest BCUT2D eigenvalue weighted by Crippen LogP contribution is -2.39.